The predicted molar refractivity (Wildman–Crippen MR) is 97.4 cm³/mol. The monoisotopic (exact) mass is 386 g/mol. The van der Waals surface area contributed by atoms with Gasteiger partial charge in [-0.25, -0.2) is 18.3 Å². The lowest BCUT2D eigenvalue weighted by molar-refractivity contribution is 0.0468. The summed E-state index contributed by atoms with van der Waals surface area (Å²) in [5.41, 5.74) is -0.585. The number of Topliss-reactive ketones (excluding diaryl/α,β-unsaturated/α-hetero) is 1. The number of carbonyl (C=O) groups is 2. The van der Waals surface area contributed by atoms with E-state index >= 15 is 0 Å². The van der Waals surface area contributed by atoms with Crippen molar-refractivity contribution in [2.75, 3.05) is 6.61 Å². The molecule has 8 heteroatoms. The van der Waals surface area contributed by atoms with Crippen LogP contribution in [0.4, 0.5) is 8.78 Å². The van der Waals surface area contributed by atoms with Crippen LogP contribution in [0.3, 0.4) is 0 Å². The van der Waals surface area contributed by atoms with E-state index in [1.165, 1.54) is 0 Å². The van der Waals surface area contributed by atoms with Crippen molar-refractivity contribution in [3.05, 3.63) is 75.7 Å². The van der Waals surface area contributed by atoms with E-state index in [1.807, 2.05) is 0 Å². The molecule has 2 aromatic carbocycles. The number of esters is 1. The van der Waals surface area contributed by atoms with Crippen LogP contribution in [-0.4, -0.2) is 28.1 Å². The molecule has 0 unspecified atom stereocenters. The fourth-order valence-corrected chi connectivity index (χ4v) is 2.66. The molecule has 1 heterocycles. The van der Waals surface area contributed by atoms with Crippen LogP contribution in [0.15, 0.2) is 47.3 Å². The number of ether oxygens (including phenoxy) is 1. The summed E-state index contributed by atoms with van der Waals surface area (Å²) in [5.74, 6) is -3.86. The van der Waals surface area contributed by atoms with E-state index in [2.05, 4.69) is 5.10 Å². The van der Waals surface area contributed by atoms with Gasteiger partial charge in [0, 0.05) is 10.9 Å². The highest BCUT2D eigenvalue weighted by molar-refractivity contribution is 6.04. The van der Waals surface area contributed by atoms with Crippen molar-refractivity contribution < 1.29 is 23.1 Å². The van der Waals surface area contributed by atoms with Crippen LogP contribution < -0.4 is 5.56 Å². The zero-order chi connectivity index (χ0) is 20.4. The van der Waals surface area contributed by atoms with Crippen LogP contribution >= 0.6 is 0 Å². The number of halogens is 2. The standard InChI is InChI=1S/C20H16F2N2O4/c1-11(2)24-19(26)14-6-4-3-5-13(14)18(23-24)20(27)28-10-17(25)12-7-8-15(21)16(22)9-12/h3-9,11H,10H2,1-2H3. The van der Waals surface area contributed by atoms with E-state index < -0.39 is 30.0 Å². The van der Waals surface area contributed by atoms with E-state index in [1.54, 1.807) is 38.1 Å². The zero-order valence-electron chi connectivity index (χ0n) is 15.1. The summed E-state index contributed by atoms with van der Waals surface area (Å²) in [6.45, 7) is 2.80. The second-order valence-electron chi connectivity index (χ2n) is 6.37. The average Bonchev–Trinajstić information content (AvgIpc) is 2.68. The molecule has 3 rings (SSSR count). The lowest BCUT2D eigenvalue weighted by atomic mass is 10.1. The Kier molecular flexibility index (Phi) is 5.30. The summed E-state index contributed by atoms with van der Waals surface area (Å²) in [7, 11) is 0. The van der Waals surface area contributed by atoms with Crippen molar-refractivity contribution in [3.8, 4) is 0 Å². The predicted octanol–water partition coefficient (Wildman–Crippen LogP) is 3.30. The number of rotatable bonds is 5. The summed E-state index contributed by atoms with van der Waals surface area (Å²) in [5, 5.41) is 4.68. The minimum atomic E-state index is -1.17. The highest BCUT2D eigenvalue weighted by Gasteiger charge is 2.20. The molecule has 0 saturated carbocycles. The highest BCUT2D eigenvalue weighted by atomic mass is 19.2. The van der Waals surface area contributed by atoms with Crippen LogP contribution in [0.2, 0.25) is 0 Å². The summed E-state index contributed by atoms with van der Waals surface area (Å²) in [6, 6.07) is 8.79. The Morgan fingerprint density at radius 1 is 1.07 bits per heavy atom. The van der Waals surface area contributed by atoms with Crippen molar-refractivity contribution in [3.63, 3.8) is 0 Å². The maximum absolute atomic E-state index is 13.3. The number of benzene rings is 2. The van der Waals surface area contributed by atoms with Gasteiger partial charge in [0.25, 0.3) is 5.56 Å². The molecule has 0 aliphatic heterocycles. The average molecular weight is 386 g/mol. The van der Waals surface area contributed by atoms with Gasteiger partial charge in [0.05, 0.1) is 11.4 Å². The number of aromatic nitrogens is 2. The van der Waals surface area contributed by atoms with Gasteiger partial charge in [-0.3, -0.25) is 9.59 Å². The lowest BCUT2D eigenvalue weighted by Gasteiger charge is -2.13. The molecule has 6 nitrogen and oxygen atoms in total. The van der Waals surface area contributed by atoms with Gasteiger partial charge in [0.15, 0.2) is 29.7 Å². The van der Waals surface area contributed by atoms with Crippen molar-refractivity contribution in [2.24, 2.45) is 0 Å². The van der Waals surface area contributed by atoms with E-state index in [-0.39, 0.29) is 22.9 Å². The second-order valence-corrected chi connectivity index (χ2v) is 6.37. The zero-order valence-corrected chi connectivity index (χ0v) is 15.1. The molecule has 0 aliphatic carbocycles. The Balaban J connectivity index is 1.89. The van der Waals surface area contributed by atoms with Gasteiger partial charge in [-0.15, -0.1) is 0 Å². The SMILES string of the molecule is CC(C)n1nc(C(=O)OCC(=O)c2ccc(F)c(F)c2)c2ccccc2c1=O. The van der Waals surface area contributed by atoms with Gasteiger partial charge in [0.2, 0.25) is 0 Å². The third-order valence-electron chi connectivity index (χ3n) is 4.09. The summed E-state index contributed by atoms with van der Waals surface area (Å²) in [4.78, 5) is 37.1. The van der Waals surface area contributed by atoms with Gasteiger partial charge < -0.3 is 4.74 Å². The van der Waals surface area contributed by atoms with Crippen molar-refractivity contribution in [2.45, 2.75) is 19.9 Å². The van der Waals surface area contributed by atoms with Crippen LogP contribution in [0, 0.1) is 11.6 Å². The normalized spacial score (nSPS) is 11.0. The molecular formula is C20H16F2N2O4. The van der Waals surface area contributed by atoms with E-state index in [0.29, 0.717) is 10.8 Å². The quantitative estimate of drug-likeness (QED) is 0.497. The van der Waals surface area contributed by atoms with Crippen molar-refractivity contribution >= 4 is 22.5 Å². The number of hydrogen-bond acceptors (Lipinski definition) is 5. The molecule has 28 heavy (non-hydrogen) atoms. The van der Waals surface area contributed by atoms with Gasteiger partial charge >= 0.3 is 5.97 Å². The molecule has 0 bridgehead atoms. The molecule has 0 aliphatic rings. The first-order chi connectivity index (χ1) is 13.3. The van der Waals surface area contributed by atoms with Crippen LogP contribution in [0.5, 0.6) is 0 Å². The molecule has 0 amide bonds. The number of carbonyl (C=O) groups excluding carboxylic acids is 2. The maximum Gasteiger partial charge on any atom is 0.359 e. The number of hydrogen-bond donors (Lipinski definition) is 0. The molecule has 3 aromatic rings. The Hall–Kier alpha value is -3.42. The fraction of sp³-hybridized carbons (Fsp3) is 0.200. The van der Waals surface area contributed by atoms with Crippen LogP contribution in [-0.2, 0) is 4.74 Å². The van der Waals surface area contributed by atoms with E-state index in [4.69, 9.17) is 4.74 Å². The highest BCUT2D eigenvalue weighted by Crippen LogP contribution is 2.16. The minimum Gasteiger partial charge on any atom is -0.452 e. The largest absolute Gasteiger partial charge is 0.452 e. The minimum absolute atomic E-state index is 0.109. The van der Waals surface area contributed by atoms with Crippen LogP contribution in [0.1, 0.15) is 40.7 Å². The molecule has 0 atom stereocenters. The smallest absolute Gasteiger partial charge is 0.359 e. The first kappa shape index (κ1) is 19.3. The van der Waals surface area contributed by atoms with E-state index in [0.717, 1.165) is 22.9 Å². The third kappa shape index (κ3) is 3.66. The van der Waals surface area contributed by atoms with E-state index in [9.17, 15) is 23.2 Å². The Labute approximate surface area is 158 Å². The Bertz CT molecular complexity index is 1140. The first-order valence-electron chi connectivity index (χ1n) is 8.46. The molecule has 0 N–H and O–H groups in total. The summed E-state index contributed by atoms with van der Waals surface area (Å²) in [6.07, 6.45) is 0. The van der Waals surface area contributed by atoms with Crippen molar-refractivity contribution in [1.29, 1.82) is 0 Å². The van der Waals surface area contributed by atoms with Crippen molar-refractivity contribution in [1.82, 2.24) is 9.78 Å². The summed E-state index contributed by atoms with van der Waals surface area (Å²) >= 11 is 0. The number of ketones is 1. The molecule has 0 radical (unpaired) electrons. The first-order valence-corrected chi connectivity index (χ1v) is 8.46. The fourth-order valence-electron chi connectivity index (χ4n) is 2.66. The molecular weight excluding hydrogens is 370 g/mol. The van der Waals surface area contributed by atoms with Gasteiger partial charge in [-0.1, -0.05) is 18.2 Å². The van der Waals surface area contributed by atoms with Gasteiger partial charge in [-0.05, 0) is 38.1 Å². The number of nitrogens with zero attached hydrogens (tertiary/aromatic N) is 2. The Morgan fingerprint density at radius 2 is 1.75 bits per heavy atom. The molecule has 0 saturated heterocycles. The molecule has 144 valence electrons. The maximum atomic E-state index is 13.3. The van der Waals surface area contributed by atoms with Gasteiger partial charge in [-0.2, -0.15) is 5.10 Å². The molecule has 0 fully saturated rings. The molecule has 1 aromatic heterocycles. The third-order valence-corrected chi connectivity index (χ3v) is 4.09. The lowest BCUT2D eigenvalue weighted by Crippen LogP contribution is -2.28. The second kappa shape index (κ2) is 7.67. The van der Waals surface area contributed by atoms with Crippen LogP contribution in [0.25, 0.3) is 10.8 Å². The number of fused-ring (bicyclic) bond motifs is 1. The van der Waals surface area contributed by atoms with Gasteiger partial charge in [0.1, 0.15) is 0 Å². The summed E-state index contributed by atoms with van der Waals surface area (Å²) < 4.78 is 32.4. The Morgan fingerprint density at radius 3 is 2.39 bits per heavy atom. The topological polar surface area (TPSA) is 78.3 Å². The molecule has 0 spiro atoms.